The Hall–Kier alpha value is -3.12. The van der Waals surface area contributed by atoms with Crippen molar-refractivity contribution in [1.29, 1.82) is 0 Å². The van der Waals surface area contributed by atoms with Gasteiger partial charge in [-0.3, -0.25) is 0 Å². The molecule has 0 spiro atoms. The number of phenols is 2. The minimum absolute atomic E-state index is 0.0474. The van der Waals surface area contributed by atoms with E-state index in [1.165, 1.54) is 0 Å². The van der Waals surface area contributed by atoms with E-state index in [2.05, 4.69) is 15.3 Å². The van der Waals surface area contributed by atoms with E-state index in [-0.39, 0.29) is 17.5 Å². The zero-order chi connectivity index (χ0) is 18.5. The van der Waals surface area contributed by atoms with Crippen LogP contribution in [0.2, 0.25) is 0 Å². The van der Waals surface area contributed by atoms with Crippen LogP contribution in [-0.2, 0) is 0 Å². The normalized spacial score (nSPS) is 11.9. The minimum Gasteiger partial charge on any atom is -0.507 e. The molecule has 0 saturated heterocycles. The predicted octanol–water partition coefficient (Wildman–Crippen LogP) is 3.37. The number of hydrogen-bond acceptors (Lipinski definition) is 6. The van der Waals surface area contributed by atoms with Crippen LogP contribution in [0.4, 0.5) is 5.82 Å². The fraction of sp³-hybridized carbons (Fsp3) is 0.200. The van der Waals surface area contributed by atoms with Crippen molar-refractivity contribution in [1.82, 2.24) is 9.97 Å². The van der Waals surface area contributed by atoms with Crippen molar-refractivity contribution >= 4 is 5.82 Å². The zero-order valence-electron chi connectivity index (χ0n) is 14.6. The average molecular weight is 350 g/mol. The molecule has 6 heteroatoms. The SMILES string of the molecule is CC[C@@H](N)CNc1ccnc(-c2cc(-c3ccccc3O)ccc2O)n1. The van der Waals surface area contributed by atoms with Gasteiger partial charge in [-0.25, -0.2) is 9.97 Å². The minimum atomic E-state index is 0.0474. The Morgan fingerprint density at radius 1 is 1.04 bits per heavy atom. The summed E-state index contributed by atoms with van der Waals surface area (Å²) in [7, 11) is 0. The number of phenolic OH excluding ortho intramolecular Hbond substituents is 2. The summed E-state index contributed by atoms with van der Waals surface area (Å²) in [5.74, 6) is 1.29. The van der Waals surface area contributed by atoms with Gasteiger partial charge >= 0.3 is 0 Å². The fourth-order valence-electron chi connectivity index (χ4n) is 2.57. The van der Waals surface area contributed by atoms with Gasteiger partial charge in [0.25, 0.3) is 0 Å². The van der Waals surface area contributed by atoms with Gasteiger partial charge in [-0.05, 0) is 36.2 Å². The maximum absolute atomic E-state index is 10.3. The largest absolute Gasteiger partial charge is 0.507 e. The smallest absolute Gasteiger partial charge is 0.165 e. The second-order valence-corrected chi connectivity index (χ2v) is 6.06. The molecule has 6 nitrogen and oxygen atoms in total. The number of nitrogens with zero attached hydrogens (tertiary/aromatic N) is 2. The number of anilines is 1. The van der Waals surface area contributed by atoms with Gasteiger partial charge in [0.05, 0.1) is 5.56 Å². The van der Waals surface area contributed by atoms with Crippen LogP contribution in [0.15, 0.2) is 54.7 Å². The first-order valence-electron chi connectivity index (χ1n) is 8.52. The van der Waals surface area contributed by atoms with Crippen molar-refractivity contribution in [2.75, 3.05) is 11.9 Å². The van der Waals surface area contributed by atoms with E-state index >= 15 is 0 Å². The van der Waals surface area contributed by atoms with Crippen molar-refractivity contribution in [2.24, 2.45) is 5.73 Å². The van der Waals surface area contributed by atoms with Crippen LogP contribution in [0.25, 0.3) is 22.5 Å². The van der Waals surface area contributed by atoms with Gasteiger partial charge in [-0.15, -0.1) is 0 Å². The molecular formula is C20H22N4O2. The van der Waals surface area contributed by atoms with E-state index in [4.69, 9.17) is 5.73 Å². The Morgan fingerprint density at radius 2 is 1.81 bits per heavy atom. The van der Waals surface area contributed by atoms with Crippen LogP contribution >= 0.6 is 0 Å². The molecule has 26 heavy (non-hydrogen) atoms. The first-order valence-corrected chi connectivity index (χ1v) is 8.52. The molecule has 3 rings (SSSR count). The topological polar surface area (TPSA) is 104 Å². The highest BCUT2D eigenvalue weighted by molar-refractivity contribution is 5.77. The Morgan fingerprint density at radius 3 is 2.58 bits per heavy atom. The maximum Gasteiger partial charge on any atom is 0.165 e. The first-order chi connectivity index (χ1) is 12.6. The van der Waals surface area contributed by atoms with Crippen LogP contribution in [0.1, 0.15) is 13.3 Å². The van der Waals surface area contributed by atoms with Gasteiger partial charge in [-0.1, -0.05) is 31.2 Å². The standard InChI is InChI=1S/C20H22N4O2/c1-2-14(21)12-23-19-9-10-22-20(24-19)16-11-13(7-8-18(16)26)15-5-3-4-6-17(15)25/h3-11,14,25-26H,2,12,21H2,1H3,(H,22,23,24)/t14-/m1/s1. The van der Waals surface area contributed by atoms with Crippen molar-refractivity contribution in [2.45, 2.75) is 19.4 Å². The number of nitrogens with one attached hydrogen (secondary N) is 1. The summed E-state index contributed by atoms with van der Waals surface area (Å²) < 4.78 is 0. The van der Waals surface area contributed by atoms with Crippen LogP contribution in [0.5, 0.6) is 11.5 Å². The third-order valence-corrected chi connectivity index (χ3v) is 4.18. The lowest BCUT2D eigenvalue weighted by Crippen LogP contribution is -2.28. The quantitative estimate of drug-likeness (QED) is 0.543. The maximum atomic E-state index is 10.3. The van der Waals surface area contributed by atoms with Gasteiger partial charge in [0, 0.05) is 24.3 Å². The number of aromatic nitrogens is 2. The molecule has 0 unspecified atom stereocenters. The lowest BCUT2D eigenvalue weighted by molar-refractivity contribution is 0.475. The summed E-state index contributed by atoms with van der Waals surface area (Å²) in [6, 6.07) is 13.9. The van der Waals surface area contributed by atoms with E-state index in [0.717, 1.165) is 12.0 Å². The van der Waals surface area contributed by atoms with Crippen LogP contribution in [-0.4, -0.2) is 32.8 Å². The first kappa shape index (κ1) is 17.7. The fourth-order valence-corrected chi connectivity index (χ4v) is 2.57. The Bertz CT molecular complexity index is 898. The summed E-state index contributed by atoms with van der Waals surface area (Å²) >= 11 is 0. The predicted molar refractivity (Wildman–Crippen MR) is 103 cm³/mol. The average Bonchev–Trinajstić information content (AvgIpc) is 2.67. The highest BCUT2D eigenvalue weighted by Gasteiger charge is 2.12. The van der Waals surface area contributed by atoms with Gasteiger partial charge in [-0.2, -0.15) is 0 Å². The van der Waals surface area contributed by atoms with Crippen LogP contribution in [0, 0.1) is 0 Å². The summed E-state index contributed by atoms with van der Waals surface area (Å²) in [6.45, 7) is 2.64. The lowest BCUT2D eigenvalue weighted by Gasteiger charge is -2.12. The zero-order valence-corrected chi connectivity index (χ0v) is 14.6. The molecule has 0 aliphatic rings. The van der Waals surface area contributed by atoms with E-state index < -0.39 is 0 Å². The highest BCUT2D eigenvalue weighted by atomic mass is 16.3. The van der Waals surface area contributed by atoms with Gasteiger partial charge in [0.15, 0.2) is 5.82 Å². The van der Waals surface area contributed by atoms with Crippen LogP contribution < -0.4 is 11.1 Å². The molecule has 0 fully saturated rings. The van der Waals surface area contributed by atoms with E-state index in [1.54, 1.807) is 42.6 Å². The molecular weight excluding hydrogens is 328 g/mol. The molecule has 1 atom stereocenters. The van der Waals surface area contributed by atoms with Gasteiger partial charge < -0.3 is 21.3 Å². The molecule has 0 aliphatic carbocycles. The number of benzene rings is 2. The second-order valence-electron chi connectivity index (χ2n) is 6.06. The monoisotopic (exact) mass is 350 g/mol. The van der Waals surface area contributed by atoms with Crippen molar-refractivity contribution in [3.8, 4) is 34.0 Å². The molecule has 5 N–H and O–H groups in total. The lowest BCUT2D eigenvalue weighted by atomic mass is 10.0. The molecule has 0 amide bonds. The number of rotatable bonds is 6. The van der Waals surface area contributed by atoms with Crippen molar-refractivity contribution < 1.29 is 10.2 Å². The second kappa shape index (κ2) is 7.84. The third-order valence-electron chi connectivity index (χ3n) is 4.18. The molecule has 0 aliphatic heterocycles. The molecule has 0 radical (unpaired) electrons. The Kier molecular flexibility index (Phi) is 5.34. The van der Waals surface area contributed by atoms with Gasteiger partial charge in [0.1, 0.15) is 17.3 Å². The van der Waals surface area contributed by atoms with Crippen molar-refractivity contribution in [3.63, 3.8) is 0 Å². The van der Waals surface area contributed by atoms with E-state index in [0.29, 0.717) is 29.3 Å². The Labute approximate surface area is 152 Å². The van der Waals surface area contributed by atoms with Crippen LogP contribution in [0.3, 0.4) is 0 Å². The summed E-state index contributed by atoms with van der Waals surface area (Å²) in [4.78, 5) is 8.74. The molecule has 134 valence electrons. The number of para-hydroxylation sites is 1. The molecule has 0 saturated carbocycles. The number of nitrogens with two attached hydrogens (primary N) is 1. The molecule has 2 aromatic carbocycles. The van der Waals surface area contributed by atoms with Gasteiger partial charge in [0.2, 0.25) is 0 Å². The number of hydrogen-bond donors (Lipinski definition) is 4. The summed E-state index contributed by atoms with van der Waals surface area (Å²) in [5, 5.41) is 23.5. The molecule has 3 aromatic rings. The third kappa shape index (κ3) is 3.92. The van der Waals surface area contributed by atoms with E-state index in [9.17, 15) is 10.2 Å². The van der Waals surface area contributed by atoms with E-state index in [1.807, 2.05) is 19.1 Å². The van der Waals surface area contributed by atoms with Crippen molar-refractivity contribution in [3.05, 3.63) is 54.7 Å². The highest BCUT2D eigenvalue weighted by Crippen LogP contribution is 2.35. The summed E-state index contributed by atoms with van der Waals surface area (Å²) in [6.07, 6.45) is 2.50. The molecule has 0 bridgehead atoms. The molecule has 1 heterocycles. The summed E-state index contributed by atoms with van der Waals surface area (Å²) in [5.41, 5.74) is 7.86. The Balaban J connectivity index is 1.94. The number of aromatic hydroxyl groups is 2. The molecule has 1 aromatic heterocycles.